The van der Waals surface area contributed by atoms with E-state index in [1.807, 2.05) is 78.6 Å². The van der Waals surface area contributed by atoms with Crippen molar-refractivity contribution >= 4 is 23.5 Å². The van der Waals surface area contributed by atoms with E-state index >= 15 is 0 Å². The van der Waals surface area contributed by atoms with Gasteiger partial charge in [0.05, 0.1) is 7.11 Å². The number of rotatable bonds is 8. The van der Waals surface area contributed by atoms with Gasteiger partial charge in [-0.15, -0.1) is 0 Å². The standard InChI is InChI=1S/C32H37N5O3/c1-22(38)36-16-14-23(15-17-36)21-37-30(39)32(2,35-31(37)33)26-9-7-8-24(18-26)29-19-28(40-3)13-12-25(29)20-34-27-10-5-4-6-11-27/h4-13,18-19,23,34H,14-17,20-21H2,1-3H3,(H2,33,35). The molecule has 0 bridgehead atoms. The van der Waals surface area contributed by atoms with Crippen LogP contribution in [0.4, 0.5) is 5.69 Å². The van der Waals surface area contributed by atoms with Crippen LogP contribution in [0.15, 0.2) is 77.8 Å². The number of aliphatic imine (C=N–C) groups is 1. The van der Waals surface area contributed by atoms with Crippen molar-refractivity contribution in [3.8, 4) is 16.9 Å². The summed E-state index contributed by atoms with van der Waals surface area (Å²) in [5.74, 6) is 1.27. The third-order valence-electron chi connectivity index (χ3n) is 8.09. The van der Waals surface area contributed by atoms with Gasteiger partial charge in [-0.2, -0.15) is 0 Å². The van der Waals surface area contributed by atoms with Gasteiger partial charge in [0.15, 0.2) is 11.5 Å². The zero-order valence-corrected chi connectivity index (χ0v) is 23.4. The summed E-state index contributed by atoms with van der Waals surface area (Å²) >= 11 is 0. The van der Waals surface area contributed by atoms with E-state index in [-0.39, 0.29) is 23.7 Å². The molecule has 3 aromatic rings. The van der Waals surface area contributed by atoms with Crippen molar-refractivity contribution in [1.82, 2.24) is 9.80 Å². The van der Waals surface area contributed by atoms with Crippen molar-refractivity contribution in [2.45, 2.75) is 38.8 Å². The molecule has 0 saturated carbocycles. The van der Waals surface area contributed by atoms with Crippen LogP contribution in [0.25, 0.3) is 11.1 Å². The fraction of sp³-hybridized carbons (Fsp3) is 0.344. The minimum atomic E-state index is -1.11. The first kappa shape index (κ1) is 27.2. The maximum absolute atomic E-state index is 13.8. The quantitative estimate of drug-likeness (QED) is 0.436. The summed E-state index contributed by atoms with van der Waals surface area (Å²) in [6, 6.07) is 24.1. The first-order chi connectivity index (χ1) is 19.3. The number of amides is 2. The Morgan fingerprint density at radius 3 is 2.52 bits per heavy atom. The van der Waals surface area contributed by atoms with E-state index < -0.39 is 5.54 Å². The Balaban J connectivity index is 1.38. The van der Waals surface area contributed by atoms with Gasteiger partial charge in [-0.3, -0.25) is 14.5 Å². The normalized spacial score (nSPS) is 19.5. The van der Waals surface area contributed by atoms with Crippen LogP contribution in [0.1, 0.15) is 37.8 Å². The molecule has 40 heavy (non-hydrogen) atoms. The van der Waals surface area contributed by atoms with Crippen molar-refractivity contribution < 1.29 is 14.3 Å². The van der Waals surface area contributed by atoms with Crippen LogP contribution in [0.5, 0.6) is 5.75 Å². The number of piperidine rings is 1. The fourth-order valence-electron chi connectivity index (χ4n) is 5.61. The lowest BCUT2D eigenvalue weighted by Gasteiger charge is -2.33. The molecule has 2 aliphatic rings. The lowest BCUT2D eigenvalue weighted by Crippen LogP contribution is -2.46. The monoisotopic (exact) mass is 539 g/mol. The van der Waals surface area contributed by atoms with Crippen molar-refractivity contribution in [3.63, 3.8) is 0 Å². The lowest BCUT2D eigenvalue weighted by molar-refractivity contribution is -0.133. The molecule has 8 heteroatoms. The van der Waals surface area contributed by atoms with E-state index in [0.717, 1.165) is 46.5 Å². The highest BCUT2D eigenvalue weighted by Crippen LogP contribution is 2.37. The van der Waals surface area contributed by atoms with E-state index in [0.29, 0.717) is 26.2 Å². The van der Waals surface area contributed by atoms with Crippen LogP contribution in [-0.2, 0) is 21.7 Å². The molecule has 5 rings (SSSR count). The van der Waals surface area contributed by atoms with Gasteiger partial charge >= 0.3 is 0 Å². The number of carbonyl (C=O) groups is 2. The lowest BCUT2D eigenvalue weighted by atomic mass is 9.88. The molecule has 2 amide bonds. The molecule has 0 radical (unpaired) electrons. The molecule has 0 spiro atoms. The minimum Gasteiger partial charge on any atom is -0.497 e. The number of benzene rings is 3. The maximum Gasteiger partial charge on any atom is 0.261 e. The molecule has 0 aromatic heterocycles. The molecule has 3 N–H and O–H groups in total. The van der Waals surface area contributed by atoms with Crippen LogP contribution >= 0.6 is 0 Å². The second-order valence-electron chi connectivity index (χ2n) is 10.7. The van der Waals surface area contributed by atoms with E-state index in [1.165, 1.54) is 0 Å². The Morgan fingerprint density at radius 1 is 1.07 bits per heavy atom. The third-order valence-corrected chi connectivity index (χ3v) is 8.09. The maximum atomic E-state index is 13.8. The Morgan fingerprint density at radius 2 is 1.82 bits per heavy atom. The van der Waals surface area contributed by atoms with E-state index in [1.54, 1.807) is 18.9 Å². The van der Waals surface area contributed by atoms with Gasteiger partial charge < -0.3 is 20.7 Å². The van der Waals surface area contributed by atoms with Crippen molar-refractivity contribution in [1.29, 1.82) is 0 Å². The molecular formula is C32H37N5O3. The Labute approximate surface area is 235 Å². The average molecular weight is 540 g/mol. The second-order valence-corrected chi connectivity index (χ2v) is 10.7. The number of guanidine groups is 1. The first-order valence-electron chi connectivity index (χ1n) is 13.8. The molecule has 2 aliphatic heterocycles. The average Bonchev–Trinajstić information content (AvgIpc) is 3.20. The zero-order chi connectivity index (χ0) is 28.3. The molecular weight excluding hydrogens is 502 g/mol. The number of nitrogens with one attached hydrogen (secondary N) is 1. The molecule has 2 heterocycles. The van der Waals surface area contributed by atoms with Gasteiger partial charge in [0, 0.05) is 38.8 Å². The van der Waals surface area contributed by atoms with Crippen LogP contribution in [-0.4, -0.2) is 54.3 Å². The molecule has 208 valence electrons. The van der Waals surface area contributed by atoms with Gasteiger partial charge in [-0.05, 0) is 78.3 Å². The van der Waals surface area contributed by atoms with E-state index in [2.05, 4.69) is 11.4 Å². The number of ether oxygens (including phenoxy) is 1. The SMILES string of the molecule is COc1ccc(CNc2ccccc2)c(-c2cccc(C3(C)N=C(N)N(CC4CCN(C(C)=O)CC4)C3=O)c2)c1. The summed E-state index contributed by atoms with van der Waals surface area (Å²) in [6.45, 7) is 6.00. The predicted molar refractivity (Wildman–Crippen MR) is 158 cm³/mol. The summed E-state index contributed by atoms with van der Waals surface area (Å²) in [5.41, 5.74) is 10.2. The van der Waals surface area contributed by atoms with Crippen LogP contribution < -0.4 is 15.8 Å². The van der Waals surface area contributed by atoms with Gasteiger partial charge in [0.2, 0.25) is 5.91 Å². The number of likely N-dealkylation sites (tertiary alicyclic amines) is 1. The van der Waals surface area contributed by atoms with Crippen molar-refractivity contribution in [2.24, 2.45) is 16.6 Å². The Kier molecular flexibility index (Phi) is 7.78. The zero-order valence-electron chi connectivity index (χ0n) is 23.4. The Hall–Kier alpha value is -4.33. The van der Waals surface area contributed by atoms with Crippen LogP contribution in [0.3, 0.4) is 0 Å². The molecule has 1 unspecified atom stereocenters. The number of para-hydroxylation sites is 1. The smallest absolute Gasteiger partial charge is 0.261 e. The number of nitrogens with two attached hydrogens (primary N) is 1. The summed E-state index contributed by atoms with van der Waals surface area (Å²) in [7, 11) is 1.66. The molecule has 1 saturated heterocycles. The van der Waals surface area contributed by atoms with Crippen molar-refractivity contribution in [2.75, 3.05) is 32.1 Å². The molecule has 8 nitrogen and oxygen atoms in total. The highest BCUT2D eigenvalue weighted by atomic mass is 16.5. The number of nitrogens with zero attached hydrogens (tertiary/aromatic N) is 3. The number of anilines is 1. The first-order valence-corrected chi connectivity index (χ1v) is 13.8. The number of hydrogen-bond acceptors (Lipinski definition) is 6. The van der Waals surface area contributed by atoms with E-state index in [9.17, 15) is 9.59 Å². The van der Waals surface area contributed by atoms with Gasteiger partial charge in [0.1, 0.15) is 5.75 Å². The fourth-order valence-corrected chi connectivity index (χ4v) is 5.61. The number of methoxy groups -OCH3 is 1. The predicted octanol–water partition coefficient (Wildman–Crippen LogP) is 4.60. The Bertz CT molecular complexity index is 1420. The van der Waals surface area contributed by atoms with Gasteiger partial charge in [-0.1, -0.05) is 42.5 Å². The van der Waals surface area contributed by atoms with Crippen LogP contribution in [0.2, 0.25) is 0 Å². The molecule has 3 aromatic carbocycles. The summed E-state index contributed by atoms with van der Waals surface area (Å²) in [4.78, 5) is 33.7. The topological polar surface area (TPSA) is 100 Å². The second kappa shape index (κ2) is 11.4. The van der Waals surface area contributed by atoms with Crippen LogP contribution in [0, 0.1) is 5.92 Å². The highest BCUT2D eigenvalue weighted by Gasteiger charge is 2.46. The third kappa shape index (κ3) is 5.52. The molecule has 1 atom stereocenters. The number of carbonyl (C=O) groups excluding carboxylic acids is 2. The summed E-state index contributed by atoms with van der Waals surface area (Å²) < 4.78 is 5.54. The highest BCUT2D eigenvalue weighted by molar-refractivity contribution is 6.07. The van der Waals surface area contributed by atoms with Gasteiger partial charge in [0.25, 0.3) is 5.91 Å². The minimum absolute atomic E-state index is 0.0965. The summed E-state index contributed by atoms with van der Waals surface area (Å²) in [5, 5.41) is 3.49. The van der Waals surface area contributed by atoms with Crippen molar-refractivity contribution in [3.05, 3.63) is 83.9 Å². The largest absolute Gasteiger partial charge is 0.497 e. The molecule has 1 fully saturated rings. The summed E-state index contributed by atoms with van der Waals surface area (Å²) in [6.07, 6.45) is 1.69. The van der Waals surface area contributed by atoms with E-state index in [4.69, 9.17) is 15.5 Å². The molecule has 0 aliphatic carbocycles. The van der Waals surface area contributed by atoms with Gasteiger partial charge in [-0.25, -0.2) is 4.99 Å². The number of hydrogen-bond donors (Lipinski definition) is 2.